The molecule has 1 amide bonds. The van der Waals surface area contributed by atoms with E-state index in [0.717, 1.165) is 4.90 Å². The van der Waals surface area contributed by atoms with Crippen molar-refractivity contribution in [3.63, 3.8) is 0 Å². The standard InChI is InChI=1S/C11H10I3N3O5/c12-6-5(7(13)10(16)8(14)9(6)15)11(22)17(1-3(18)19)2-4(20)21/h1-2,15-16H2,(H,18,19)(H,20,21). The van der Waals surface area contributed by atoms with Crippen LogP contribution < -0.4 is 11.5 Å². The molecular formula is C11H10I3N3O5. The smallest absolute Gasteiger partial charge is 0.323 e. The number of hydrogen-bond donors (Lipinski definition) is 4. The molecule has 0 aliphatic carbocycles. The Hall–Kier alpha value is -0.580. The molecule has 0 fully saturated rings. The molecule has 22 heavy (non-hydrogen) atoms. The SMILES string of the molecule is Nc1c(I)c(N)c(I)c(C(=O)N(CC(=O)O)CC(=O)O)c1I. The second-order valence-electron chi connectivity index (χ2n) is 4.09. The summed E-state index contributed by atoms with van der Waals surface area (Å²) in [6.07, 6.45) is 0. The van der Waals surface area contributed by atoms with Crippen LogP contribution in [0.25, 0.3) is 0 Å². The Labute approximate surface area is 166 Å². The molecule has 0 heterocycles. The van der Waals surface area contributed by atoms with Crippen LogP contribution in [0.2, 0.25) is 0 Å². The zero-order valence-electron chi connectivity index (χ0n) is 10.8. The van der Waals surface area contributed by atoms with Gasteiger partial charge < -0.3 is 26.6 Å². The van der Waals surface area contributed by atoms with E-state index in [1.807, 2.05) is 67.8 Å². The molecule has 1 aromatic carbocycles. The largest absolute Gasteiger partial charge is 0.480 e. The third kappa shape index (κ3) is 4.24. The maximum atomic E-state index is 12.5. The molecular weight excluding hydrogens is 635 g/mol. The van der Waals surface area contributed by atoms with E-state index in [1.54, 1.807) is 0 Å². The number of nitrogens with two attached hydrogens (primary N) is 2. The third-order valence-corrected chi connectivity index (χ3v) is 5.94. The lowest BCUT2D eigenvalue weighted by Gasteiger charge is -2.22. The van der Waals surface area contributed by atoms with Crippen molar-refractivity contribution in [3.8, 4) is 0 Å². The molecule has 0 spiro atoms. The molecule has 0 unspecified atom stereocenters. The summed E-state index contributed by atoms with van der Waals surface area (Å²) in [5, 5.41) is 17.7. The molecule has 1 rings (SSSR count). The average Bonchev–Trinajstić information content (AvgIpc) is 2.41. The van der Waals surface area contributed by atoms with Crippen LogP contribution >= 0.6 is 67.8 Å². The number of carbonyl (C=O) groups is 3. The van der Waals surface area contributed by atoms with Crippen molar-refractivity contribution in [2.45, 2.75) is 0 Å². The van der Waals surface area contributed by atoms with Crippen LogP contribution in [0, 0.1) is 10.7 Å². The van der Waals surface area contributed by atoms with Crippen molar-refractivity contribution < 1.29 is 24.6 Å². The summed E-state index contributed by atoms with van der Waals surface area (Å²) in [5.74, 6) is -3.37. The van der Waals surface area contributed by atoms with E-state index in [1.165, 1.54) is 0 Å². The number of nitrogens with zero attached hydrogens (tertiary/aromatic N) is 1. The number of aliphatic carboxylic acids is 2. The van der Waals surface area contributed by atoms with Crippen molar-refractivity contribution >= 4 is 97.0 Å². The van der Waals surface area contributed by atoms with Gasteiger partial charge in [0.15, 0.2) is 0 Å². The number of hydrogen-bond acceptors (Lipinski definition) is 5. The summed E-state index contributed by atoms with van der Waals surface area (Å²) in [7, 11) is 0. The van der Waals surface area contributed by atoms with Gasteiger partial charge in [0.2, 0.25) is 0 Å². The fraction of sp³-hybridized carbons (Fsp3) is 0.182. The number of anilines is 2. The van der Waals surface area contributed by atoms with Gasteiger partial charge in [-0.1, -0.05) is 0 Å². The van der Waals surface area contributed by atoms with E-state index in [4.69, 9.17) is 21.7 Å². The Balaban J connectivity index is 3.42. The number of halogens is 3. The van der Waals surface area contributed by atoms with Gasteiger partial charge in [-0.05, 0) is 67.8 Å². The van der Waals surface area contributed by atoms with Crippen LogP contribution in [0.1, 0.15) is 10.4 Å². The van der Waals surface area contributed by atoms with Gasteiger partial charge in [-0.3, -0.25) is 14.4 Å². The molecule has 0 saturated carbocycles. The van der Waals surface area contributed by atoms with Gasteiger partial charge in [0.05, 0.1) is 27.6 Å². The van der Waals surface area contributed by atoms with Gasteiger partial charge >= 0.3 is 11.9 Å². The fourth-order valence-electron chi connectivity index (χ4n) is 1.58. The molecule has 0 radical (unpaired) electrons. The fourth-order valence-corrected chi connectivity index (χ4v) is 5.20. The topological polar surface area (TPSA) is 147 Å². The molecule has 6 N–H and O–H groups in total. The minimum Gasteiger partial charge on any atom is -0.480 e. The van der Waals surface area contributed by atoms with Crippen LogP contribution in [-0.2, 0) is 9.59 Å². The number of carbonyl (C=O) groups excluding carboxylic acids is 1. The van der Waals surface area contributed by atoms with E-state index in [0.29, 0.717) is 22.1 Å². The van der Waals surface area contributed by atoms with Crippen molar-refractivity contribution in [1.82, 2.24) is 4.90 Å². The normalized spacial score (nSPS) is 10.3. The van der Waals surface area contributed by atoms with Crippen molar-refractivity contribution in [1.29, 1.82) is 0 Å². The monoisotopic (exact) mass is 645 g/mol. The van der Waals surface area contributed by atoms with Gasteiger partial charge in [0.1, 0.15) is 13.1 Å². The lowest BCUT2D eigenvalue weighted by molar-refractivity contribution is -0.140. The average molecular weight is 645 g/mol. The molecule has 0 aliphatic rings. The molecule has 1 aromatic rings. The van der Waals surface area contributed by atoms with Gasteiger partial charge in [-0.2, -0.15) is 0 Å². The van der Waals surface area contributed by atoms with Gasteiger partial charge in [0, 0.05) is 0 Å². The third-order valence-electron chi connectivity index (χ3n) is 2.54. The predicted molar refractivity (Wildman–Crippen MR) is 105 cm³/mol. The molecule has 0 bridgehead atoms. The zero-order chi connectivity index (χ0) is 17.2. The summed E-state index contributed by atoms with van der Waals surface area (Å²) in [6, 6.07) is 0. The van der Waals surface area contributed by atoms with Crippen LogP contribution in [0.15, 0.2) is 0 Å². The lowest BCUT2D eigenvalue weighted by Crippen LogP contribution is -2.40. The number of amides is 1. The zero-order valence-corrected chi connectivity index (χ0v) is 17.2. The minimum absolute atomic E-state index is 0.110. The Morgan fingerprint density at radius 2 is 1.23 bits per heavy atom. The number of benzene rings is 1. The van der Waals surface area contributed by atoms with E-state index >= 15 is 0 Å². The van der Waals surface area contributed by atoms with Crippen LogP contribution in [0.4, 0.5) is 11.4 Å². The molecule has 0 saturated heterocycles. The number of rotatable bonds is 5. The summed E-state index contributed by atoms with van der Waals surface area (Å²) in [5.41, 5.74) is 12.5. The van der Waals surface area contributed by atoms with Gasteiger partial charge in [-0.15, -0.1) is 0 Å². The Morgan fingerprint density at radius 1 is 0.864 bits per heavy atom. The van der Waals surface area contributed by atoms with E-state index in [-0.39, 0.29) is 5.56 Å². The summed E-state index contributed by atoms with van der Waals surface area (Å²) in [4.78, 5) is 35.0. The highest BCUT2D eigenvalue weighted by Gasteiger charge is 2.28. The van der Waals surface area contributed by atoms with Crippen LogP contribution in [0.5, 0.6) is 0 Å². The molecule has 8 nitrogen and oxygen atoms in total. The maximum absolute atomic E-state index is 12.5. The van der Waals surface area contributed by atoms with Crippen molar-refractivity contribution in [3.05, 3.63) is 16.3 Å². The van der Waals surface area contributed by atoms with Crippen molar-refractivity contribution in [2.24, 2.45) is 0 Å². The Bertz CT molecular complexity index is 620. The maximum Gasteiger partial charge on any atom is 0.323 e. The first-order chi connectivity index (χ1) is 10.1. The second-order valence-corrected chi connectivity index (χ2v) is 7.33. The van der Waals surface area contributed by atoms with Gasteiger partial charge in [0.25, 0.3) is 5.91 Å². The molecule has 120 valence electrons. The molecule has 11 heteroatoms. The number of carboxylic acid groups (broad SMARTS) is 2. The van der Waals surface area contributed by atoms with Crippen molar-refractivity contribution in [2.75, 3.05) is 24.6 Å². The highest BCUT2D eigenvalue weighted by Crippen LogP contribution is 2.35. The Kier molecular flexibility index (Phi) is 6.90. The first-order valence-electron chi connectivity index (χ1n) is 5.52. The minimum atomic E-state index is -1.31. The highest BCUT2D eigenvalue weighted by molar-refractivity contribution is 14.1. The molecule has 0 aliphatic heterocycles. The summed E-state index contributed by atoms with van der Waals surface area (Å²) < 4.78 is 1.41. The first kappa shape index (κ1) is 19.5. The number of carboxylic acids is 2. The van der Waals surface area contributed by atoms with E-state index in [9.17, 15) is 14.4 Å². The van der Waals surface area contributed by atoms with Gasteiger partial charge in [-0.25, -0.2) is 0 Å². The summed E-state index contributed by atoms with van der Waals surface area (Å²) >= 11 is 5.66. The quantitative estimate of drug-likeness (QED) is 0.279. The first-order valence-corrected chi connectivity index (χ1v) is 8.75. The van der Waals surface area contributed by atoms with Crippen LogP contribution in [0.3, 0.4) is 0 Å². The second kappa shape index (κ2) is 7.80. The molecule has 0 aromatic heterocycles. The highest BCUT2D eigenvalue weighted by atomic mass is 127. The van der Waals surface area contributed by atoms with Crippen LogP contribution in [-0.4, -0.2) is 46.0 Å². The number of nitrogen functional groups attached to an aromatic ring is 2. The van der Waals surface area contributed by atoms with E-state index < -0.39 is 30.9 Å². The lowest BCUT2D eigenvalue weighted by atomic mass is 10.1. The predicted octanol–water partition coefficient (Wildman–Crippen LogP) is 1.28. The Morgan fingerprint density at radius 3 is 1.55 bits per heavy atom. The summed E-state index contributed by atoms with van der Waals surface area (Å²) in [6.45, 7) is -1.47. The molecule has 0 atom stereocenters. The van der Waals surface area contributed by atoms with E-state index in [2.05, 4.69) is 0 Å².